The predicted molar refractivity (Wildman–Crippen MR) is 147 cm³/mol. The maximum Gasteiger partial charge on any atom is 0.222 e. The van der Waals surface area contributed by atoms with Gasteiger partial charge in [0.15, 0.2) is 6.20 Å². The second kappa shape index (κ2) is 7.85. The zero-order valence-electron chi connectivity index (χ0n) is 21.0. The topological polar surface area (TPSA) is 3.88 Å². The first-order chi connectivity index (χ1) is 16.4. The maximum atomic E-state index is 2.45. The zero-order valence-corrected chi connectivity index (χ0v) is 21.8. The lowest BCUT2D eigenvalue weighted by Crippen LogP contribution is -2.32. The molecule has 0 atom stereocenters. The third-order valence-electron chi connectivity index (χ3n) is 7.47. The molecule has 0 saturated heterocycles. The Morgan fingerprint density at radius 3 is 2.35 bits per heavy atom. The Morgan fingerprint density at radius 2 is 1.62 bits per heavy atom. The molecule has 0 spiro atoms. The molecule has 2 heterocycles. The van der Waals surface area contributed by atoms with Gasteiger partial charge in [-0.15, -0.1) is 0 Å². The van der Waals surface area contributed by atoms with Crippen molar-refractivity contribution in [2.24, 2.45) is 13.0 Å². The lowest BCUT2D eigenvalue weighted by atomic mass is 9.87. The van der Waals surface area contributed by atoms with Crippen molar-refractivity contribution in [1.29, 1.82) is 0 Å². The first-order valence-corrected chi connectivity index (χ1v) is 13.3. The van der Waals surface area contributed by atoms with Crippen molar-refractivity contribution in [2.75, 3.05) is 0 Å². The monoisotopic (exact) mass is 462 g/mol. The summed E-state index contributed by atoms with van der Waals surface area (Å²) >= 11 is 2.00. The van der Waals surface area contributed by atoms with Crippen LogP contribution in [0, 0.1) is 12.8 Å². The number of fused-ring (bicyclic) bond motifs is 5. The van der Waals surface area contributed by atoms with Crippen LogP contribution in [-0.2, 0) is 13.5 Å². The van der Waals surface area contributed by atoms with Crippen molar-refractivity contribution in [1.82, 2.24) is 0 Å². The van der Waals surface area contributed by atoms with Gasteiger partial charge in [-0.2, -0.15) is 0 Å². The van der Waals surface area contributed by atoms with Gasteiger partial charge in [0.2, 0.25) is 5.69 Å². The van der Waals surface area contributed by atoms with Crippen molar-refractivity contribution in [3.63, 3.8) is 0 Å². The van der Waals surface area contributed by atoms with Crippen LogP contribution in [0.2, 0.25) is 0 Å². The van der Waals surface area contributed by atoms with Crippen LogP contribution in [0.4, 0.5) is 0 Å². The van der Waals surface area contributed by atoms with Crippen molar-refractivity contribution >= 4 is 44.1 Å². The average molecular weight is 463 g/mol. The highest BCUT2D eigenvalue weighted by atomic mass is 32.2. The number of hydrogen-bond donors (Lipinski definition) is 0. The van der Waals surface area contributed by atoms with Crippen LogP contribution in [0.1, 0.15) is 50.3 Å². The number of hydrogen-bond acceptors (Lipinski definition) is 1. The highest BCUT2D eigenvalue weighted by Gasteiger charge is 2.32. The SMILES string of the molecule is Cc1c2c(c(CC(C)C)c3ccccc13)Sc1cc3cccc(C(C)C)c3c3cc[n+](C)c-2c13. The summed E-state index contributed by atoms with van der Waals surface area (Å²) < 4.78 is 2.36. The quantitative estimate of drug-likeness (QED) is 0.188. The first kappa shape index (κ1) is 21.7. The lowest BCUT2D eigenvalue weighted by molar-refractivity contribution is -0.659. The summed E-state index contributed by atoms with van der Waals surface area (Å²) in [5.41, 5.74) is 7.15. The number of aromatic nitrogens is 1. The Balaban J connectivity index is 1.82. The highest BCUT2D eigenvalue weighted by molar-refractivity contribution is 8.00. The van der Waals surface area contributed by atoms with E-state index in [1.54, 1.807) is 0 Å². The van der Waals surface area contributed by atoms with Crippen LogP contribution in [-0.4, -0.2) is 0 Å². The van der Waals surface area contributed by atoms with Gasteiger partial charge < -0.3 is 0 Å². The lowest BCUT2D eigenvalue weighted by Gasteiger charge is -2.26. The second-order valence-corrected chi connectivity index (χ2v) is 11.6. The molecule has 0 fully saturated rings. The van der Waals surface area contributed by atoms with Crippen molar-refractivity contribution < 1.29 is 4.57 Å². The standard InChI is InChI=1S/C32H32NS/c1-18(2)16-26-24-12-8-7-11-23(24)20(5)28-31-30-25(14-15-33(31)6)29-21(17-27(30)34-32(26)28)10-9-13-22(29)19(3)4/h7-15,17-19H,16H2,1-6H3/q+1. The summed E-state index contributed by atoms with van der Waals surface area (Å²) in [6.07, 6.45) is 3.37. The van der Waals surface area contributed by atoms with Gasteiger partial charge in [0.25, 0.3) is 0 Å². The first-order valence-electron chi connectivity index (χ1n) is 12.5. The zero-order chi connectivity index (χ0) is 23.7. The molecule has 0 saturated carbocycles. The van der Waals surface area contributed by atoms with Gasteiger partial charge in [0.05, 0.1) is 10.9 Å². The summed E-state index contributed by atoms with van der Waals surface area (Å²) in [5, 5.41) is 8.39. The molecule has 4 aromatic carbocycles. The normalized spacial score (nSPS) is 12.9. The van der Waals surface area contributed by atoms with Crippen LogP contribution >= 0.6 is 11.8 Å². The predicted octanol–water partition coefficient (Wildman–Crippen LogP) is 8.73. The number of aryl methyl sites for hydroxylation is 2. The number of pyridine rings is 1. The molecule has 6 rings (SSSR count). The van der Waals surface area contributed by atoms with Gasteiger partial charge in [-0.25, -0.2) is 4.57 Å². The smallest absolute Gasteiger partial charge is 0.200 e. The fourth-order valence-electron chi connectivity index (χ4n) is 5.97. The largest absolute Gasteiger partial charge is 0.222 e. The minimum absolute atomic E-state index is 0.487. The van der Waals surface area contributed by atoms with Crippen LogP contribution in [0.25, 0.3) is 43.6 Å². The van der Waals surface area contributed by atoms with Gasteiger partial charge in [-0.1, -0.05) is 81.9 Å². The van der Waals surface area contributed by atoms with Crippen molar-refractivity contribution in [2.45, 2.75) is 56.7 Å². The summed E-state index contributed by atoms with van der Waals surface area (Å²) in [5.74, 6) is 1.09. The number of rotatable bonds is 3. The molecule has 0 bridgehead atoms. The fourth-order valence-corrected chi connectivity index (χ4v) is 7.36. The minimum Gasteiger partial charge on any atom is -0.200 e. The minimum atomic E-state index is 0.487. The molecular weight excluding hydrogens is 430 g/mol. The molecule has 2 heteroatoms. The summed E-state index contributed by atoms with van der Waals surface area (Å²) in [6, 6.07) is 20.6. The molecule has 5 aromatic rings. The molecular formula is C32H32NS+. The molecule has 0 unspecified atom stereocenters. The molecule has 1 aliphatic rings. The van der Waals surface area contributed by atoms with Gasteiger partial charge in [0, 0.05) is 21.2 Å². The highest BCUT2D eigenvalue weighted by Crippen LogP contribution is 2.53. The van der Waals surface area contributed by atoms with Crippen LogP contribution < -0.4 is 4.57 Å². The van der Waals surface area contributed by atoms with E-state index < -0.39 is 0 Å². The van der Waals surface area contributed by atoms with Gasteiger partial charge in [-0.3, -0.25) is 0 Å². The Bertz CT molecular complexity index is 1620. The molecule has 170 valence electrons. The Kier molecular flexibility index (Phi) is 5.00. The maximum absolute atomic E-state index is 2.45. The van der Waals surface area contributed by atoms with Crippen molar-refractivity contribution in [3.8, 4) is 11.3 Å². The molecule has 1 aliphatic heterocycles. The molecule has 0 N–H and O–H groups in total. The Hall–Kier alpha value is -2.84. The second-order valence-electron chi connectivity index (χ2n) is 10.6. The van der Waals surface area contributed by atoms with E-state index in [2.05, 4.69) is 107 Å². The summed E-state index contributed by atoms with van der Waals surface area (Å²) in [4.78, 5) is 2.85. The third-order valence-corrected chi connectivity index (χ3v) is 8.67. The van der Waals surface area contributed by atoms with E-state index in [1.165, 1.54) is 70.1 Å². The average Bonchev–Trinajstić information content (AvgIpc) is 2.82. The molecule has 0 radical (unpaired) electrons. The fraction of sp³-hybridized carbons (Fsp3) is 0.281. The van der Waals surface area contributed by atoms with Crippen LogP contribution in [0.5, 0.6) is 0 Å². The van der Waals surface area contributed by atoms with E-state index in [9.17, 15) is 0 Å². The van der Waals surface area contributed by atoms with Gasteiger partial charge in [-0.05, 0) is 69.5 Å². The van der Waals surface area contributed by atoms with E-state index in [4.69, 9.17) is 0 Å². The Morgan fingerprint density at radius 1 is 0.853 bits per heavy atom. The van der Waals surface area contributed by atoms with Crippen LogP contribution in [0.3, 0.4) is 0 Å². The molecule has 0 amide bonds. The number of nitrogens with zero attached hydrogens (tertiary/aromatic N) is 1. The van der Waals surface area contributed by atoms with E-state index in [0.29, 0.717) is 11.8 Å². The summed E-state index contributed by atoms with van der Waals surface area (Å²) in [6.45, 7) is 11.6. The van der Waals surface area contributed by atoms with E-state index in [1.807, 2.05) is 11.8 Å². The third kappa shape index (κ3) is 3.04. The Labute approximate surface area is 206 Å². The summed E-state index contributed by atoms with van der Waals surface area (Å²) in [7, 11) is 2.22. The van der Waals surface area contributed by atoms with E-state index >= 15 is 0 Å². The van der Waals surface area contributed by atoms with Crippen molar-refractivity contribution in [3.05, 3.63) is 77.5 Å². The number of benzene rings is 4. The molecule has 1 nitrogen and oxygen atoms in total. The van der Waals surface area contributed by atoms with Gasteiger partial charge >= 0.3 is 0 Å². The molecule has 0 aliphatic carbocycles. The van der Waals surface area contributed by atoms with E-state index in [-0.39, 0.29) is 0 Å². The molecule has 34 heavy (non-hydrogen) atoms. The van der Waals surface area contributed by atoms with Crippen LogP contribution in [0.15, 0.2) is 70.6 Å². The van der Waals surface area contributed by atoms with E-state index in [0.717, 1.165) is 6.42 Å². The molecule has 1 aromatic heterocycles. The van der Waals surface area contributed by atoms with Gasteiger partial charge in [0.1, 0.15) is 7.05 Å².